The molecule has 0 aliphatic rings. The van der Waals surface area contributed by atoms with Gasteiger partial charge in [-0.25, -0.2) is 5.43 Å². The van der Waals surface area contributed by atoms with E-state index in [4.69, 9.17) is 12.9 Å². The van der Waals surface area contributed by atoms with Crippen molar-refractivity contribution in [1.82, 2.24) is 5.43 Å². The minimum Gasteiger partial charge on any atom is -0.746 e. The Morgan fingerprint density at radius 1 is 1.28 bits per heavy atom. The highest BCUT2D eigenvalue weighted by Crippen LogP contribution is 2.38. The normalized spacial score (nSPS) is 14.4. The van der Waals surface area contributed by atoms with Gasteiger partial charge in [-0.3, -0.25) is 24.2 Å². The average molecular weight is 431 g/mol. The van der Waals surface area contributed by atoms with E-state index in [1.54, 1.807) is 0 Å². The molecule has 1 rings (SSSR count). The lowest BCUT2D eigenvalue weighted by Crippen LogP contribution is -2.52. The summed E-state index contributed by atoms with van der Waals surface area (Å²) in [6.45, 7) is 1.87. The molecule has 0 aliphatic heterocycles. The highest BCUT2D eigenvalue weighted by Gasteiger charge is 2.21. The number of nitrogens with zero attached hydrogens (tertiary/aromatic N) is 3. The van der Waals surface area contributed by atoms with Crippen molar-refractivity contribution in [1.29, 1.82) is 0 Å². The molecular formula is C18H34N5O5P+2. The van der Waals surface area contributed by atoms with Crippen LogP contribution in [0.1, 0.15) is 24.8 Å². The third kappa shape index (κ3) is 12.0. The van der Waals surface area contributed by atoms with Crippen LogP contribution in [0.4, 0.5) is 0 Å². The zero-order valence-electron chi connectivity index (χ0n) is 17.7. The van der Waals surface area contributed by atoms with Gasteiger partial charge in [-0.05, 0) is 12.8 Å². The third-order valence-electron chi connectivity index (χ3n) is 4.01. The second kappa shape index (κ2) is 11.1. The van der Waals surface area contributed by atoms with Crippen LogP contribution in [0.5, 0.6) is 0 Å². The van der Waals surface area contributed by atoms with Crippen LogP contribution in [0.2, 0.25) is 0 Å². The number of hydrogen-bond donors (Lipinski definition) is 2. The first-order valence-electron chi connectivity index (χ1n) is 9.35. The lowest BCUT2D eigenvalue weighted by atomic mass is 10.2. The second-order valence-electron chi connectivity index (χ2n) is 8.30. The number of hydrogen-bond acceptors (Lipinski definition) is 7. The molecule has 1 unspecified atom stereocenters. The van der Waals surface area contributed by atoms with Crippen LogP contribution < -0.4 is 20.7 Å². The Labute approximate surface area is 173 Å². The number of carbonyl (C=O) groups is 1. The van der Waals surface area contributed by atoms with E-state index in [0.29, 0.717) is 15.4 Å². The minimum absolute atomic E-state index is 0.000603. The van der Waals surface area contributed by atoms with Gasteiger partial charge >= 0.3 is 13.8 Å². The third-order valence-corrected chi connectivity index (χ3v) is 4.88. The van der Waals surface area contributed by atoms with E-state index >= 15 is 0 Å². The van der Waals surface area contributed by atoms with Gasteiger partial charge in [0, 0.05) is 24.1 Å². The fraction of sp³-hybridized carbons (Fsp3) is 0.611. The number of phosphoric ester groups is 1. The van der Waals surface area contributed by atoms with Crippen LogP contribution in [0.3, 0.4) is 0 Å². The summed E-state index contributed by atoms with van der Waals surface area (Å²) in [5.74, 6) is 4.07. The maximum absolute atomic E-state index is 11.6. The summed E-state index contributed by atoms with van der Waals surface area (Å²) in [4.78, 5) is 23.0. The van der Waals surface area contributed by atoms with E-state index < -0.39 is 20.5 Å². The highest BCUT2D eigenvalue weighted by atomic mass is 31.2. The van der Waals surface area contributed by atoms with Crippen molar-refractivity contribution in [3.63, 3.8) is 0 Å². The topological polar surface area (TPSA) is 118 Å². The monoisotopic (exact) mass is 431 g/mol. The molecular weight excluding hydrogens is 397 g/mol. The van der Waals surface area contributed by atoms with Crippen molar-refractivity contribution < 1.29 is 36.8 Å². The van der Waals surface area contributed by atoms with Crippen LogP contribution in [0.25, 0.3) is 0 Å². The summed E-state index contributed by atoms with van der Waals surface area (Å²) in [5, 5.41) is 0. The Hall–Kier alpha value is -1.39. The molecule has 2 radical (unpaired) electrons. The van der Waals surface area contributed by atoms with Crippen LogP contribution in [-0.2, 0) is 31.6 Å². The number of unbranched alkanes of at least 4 members (excludes halogenated alkanes) is 1. The Morgan fingerprint density at radius 3 is 2.45 bits per heavy atom. The Bertz CT molecular complexity index is 691. The second-order valence-corrected chi connectivity index (χ2v) is 9.64. The molecule has 0 saturated carbocycles. The van der Waals surface area contributed by atoms with Crippen LogP contribution in [-0.4, -0.2) is 56.4 Å². The number of phosphoric acid groups is 1. The lowest BCUT2D eigenvalue weighted by molar-refractivity contribution is -1.03. The predicted octanol–water partition coefficient (Wildman–Crippen LogP) is -0.128. The summed E-state index contributed by atoms with van der Waals surface area (Å²) in [5.41, 5.74) is 3.17. The molecule has 0 spiro atoms. The molecule has 29 heavy (non-hydrogen) atoms. The first-order chi connectivity index (χ1) is 13.3. The van der Waals surface area contributed by atoms with Crippen molar-refractivity contribution in [3.05, 3.63) is 37.1 Å². The number of hydrazine groups is 1. The smallest absolute Gasteiger partial charge is 0.323 e. The van der Waals surface area contributed by atoms with Crippen molar-refractivity contribution in [2.24, 2.45) is 5.84 Å². The van der Waals surface area contributed by atoms with Crippen LogP contribution in [0, 0.1) is 7.05 Å². The summed E-state index contributed by atoms with van der Waals surface area (Å²) in [6.07, 6.45) is 5.33. The van der Waals surface area contributed by atoms with Crippen LogP contribution >= 0.6 is 7.82 Å². The number of rotatable bonds is 13. The molecule has 3 N–H and O–H groups in total. The number of nitrogens with one attached hydrogen (secondary N) is 1. The predicted molar refractivity (Wildman–Crippen MR) is 105 cm³/mol. The zero-order valence-corrected chi connectivity index (χ0v) is 18.6. The Morgan fingerprint density at radius 2 is 1.90 bits per heavy atom. The van der Waals surface area contributed by atoms with Gasteiger partial charge in [-0.15, -0.1) is 0 Å². The number of aromatic nitrogens is 1. The van der Waals surface area contributed by atoms with Gasteiger partial charge < -0.3 is 13.9 Å². The molecule has 1 aromatic heterocycles. The number of pyridine rings is 1. The summed E-state index contributed by atoms with van der Waals surface area (Å²) in [6, 6.07) is 4.12. The van der Waals surface area contributed by atoms with E-state index in [9.17, 15) is 14.3 Å². The number of carbonyl (C=O) groups excluding carboxylic acids is 1. The van der Waals surface area contributed by atoms with Gasteiger partial charge in [0.2, 0.25) is 7.05 Å². The largest absolute Gasteiger partial charge is 0.746 e. The summed E-state index contributed by atoms with van der Waals surface area (Å²) < 4.78 is 23.2. The first-order valence-corrected chi connectivity index (χ1v) is 10.8. The van der Waals surface area contributed by atoms with Gasteiger partial charge in [0.05, 0.1) is 34.7 Å². The molecule has 1 heterocycles. The van der Waals surface area contributed by atoms with Gasteiger partial charge in [-0.1, -0.05) is 0 Å². The van der Waals surface area contributed by atoms with Crippen LogP contribution in [0.15, 0.2) is 24.5 Å². The van der Waals surface area contributed by atoms with E-state index in [1.807, 2.05) is 31.9 Å². The first kappa shape index (κ1) is 25.6. The maximum atomic E-state index is 11.6. The SMILES string of the molecule is [CH][N+](C)(C)Cc1cc[n+](C[N+](C)(C)CCCCC(=O)OP(=O)([O-])OCNN)cc1. The standard InChI is InChI=1S/C18H34N5O5P/c1-22(2,3)14-17-9-11-21(12-10-17)16-23(4,5)13-7-6-8-18(24)28-29(25,26)27-15-20-19/h1,9-12,20H,6-8,13-16,19H2,2-5H3/q+2. The number of nitrogens with two attached hydrogens (primary N) is 1. The Balaban J connectivity index is 2.38. The molecule has 10 nitrogen and oxygen atoms in total. The maximum Gasteiger partial charge on any atom is 0.323 e. The molecule has 0 saturated heterocycles. The fourth-order valence-electron chi connectivity index (χ4n) is 2.79. The Kier molecular flexibility index (Phi) is 9.84. The molecule has 0 aromatic carbocycles. The van der Waals surface area contributed by atoms with Crippen molar-refractivity contribution >= 4 is 13.8 Å². The van der Waals surface area contributed by atoms with E-state index in [1.165, 1.54) is 5.56 Å². The van der Waals surface area contributed by atoms with Gasteiger partial charge in [0.25, 0.3) is 6.67 Å². The van der Waals surface area contributed by atoms with E-state index in [0.717, 1.165) is 26.2 Å². The summed E-state index contributed by atoms with van der Waals surface area (Å²) in [7, 11) is 9.41. The average Bonchev–Trinajstić information content (AvgIpc) is 2.57. The van der Waals surface area contributed by atoms with Crippen molar-refractivity contribution in [2.75, 3.05) is 41.5 Å². The zero-order chi connectivity index (χ0) is 22.1. The molecule has 11 heteroatoms. The molecule has 0 fully saturated rings. The summed E-state index contributed by atoms with van der Waals surface area (Å²) >= 11 is 0. The fourth-order valence-corrected chi connectivity index (χ4v) is 3.42. The van der Waals surface area contributed by atoms with Crippen molar-refractivity contribution in [3.8, 4) is 0 Å². The van der Waals surface area contributed by atoms with Gasteiger partial charge in [-0.2, -0.15) is 4.57 Å². The van der Waals surface area contributed by atoms with Gasteiger partial charge in [0.15, 0.2) is 12.4 Å². The quantitative estimate of drug-likeness (QED) is 0.0850. The lowest BCUT2D eigenvalue weighted by Gasteiger charge is -2.26. The molecule has 1 atom stereocenters. The molecule has 0 bridgehead atoms. The number of quaternary nitrogens is 2. The van der Waals surface area contributed by atoms with E-state index in [2.05, 4.69) is 39.8 Å². The molecule has 0 aliphatic carbocycles. The van der Waals surface area contributed by atoms with E-state index in [-0.39, 0.29) is 6.42 Å². The highest BCUT2D eigenvalue weighted by molar-refractivity contribution is 7.46. The van der Waals surface area contributed by atoms with Crippen molar-refractivity contribution in [2.45, 2.75) is 32.5 Å². The minimum atomic E-state index is -4.67. The van der Waals surface area contributed by atoms with Gasteiger partial charge in [0.1, 0.15) is 13.3 Å². The molecule has 164 valence electrons. The molecule has 0 amide bonds. The molecule has 1 aromatic rings.